The van der Waals surface area contributed by atoms with E-state index in [1.165, 1.54) is 6.07 Å². The van der Waals surface area contributed by atoms with Crippen LogP contribution in [0.2, 0.25) is 0 Å². The lowest BCUT2D eigenvalue weighted by Gasteiger charge is -2.17. The maximum absolute atomic E-state index is 13.8. The van der Waals surface area contributed by atoms with Crippen LogP contribution in [-0.4, -0.2) is 26.5 Å². The summed E-state index contributed by atoms with van der Waals surface area (Å²) < 4.78 is 116. The van der Waals surface area contributed by atoms with Crippen molar-refractivity contribution >= 4 is 26.0 Å². The summed E-state index contributed by atoms with van der Waals surface area (Å²) >= 11 is 0. The lowest BCUT2D eigenvalue weighted by Crippen LogP contribution is -2.37. The summed E-state index contributed by atoms with van der Waals surface area (Å²) in [7, 11) is -11.1. The average Bonchev–Trinajstić information content (AvgIpc) is 2.78. The van der Waals surface area contributed by atoms with Crippen LogP contribution >= 0.6 is 0 Å². The predicted octanol–water partition coefficient (Wildman–Crippen LogP) is 1.92. The Kier molecular flexibility index (Phi) is 3.85. The van der Waals surface area contributed by atoms with Gasteiger partial charge in [0.25, 0.3) is 26.0 Å². The molecule has 0 atom stereocenters. The molecule has 138 valence electrons. The molecule has 3 rings (SSSR count). The minimum Gasteiger partial charge on any atom is -0.267 e. The molecule has 1 aliphatic heterocycles. The van der Waals surface area contributed by atoms with Crippen LogP contribution in [0.25, 0.3) is 0 Å². The topological polar surface area (TPSA) is 88.6 Å². The van der Waals surface area contributed by atoms with E-state index in [2.05, 4.69) is 0 Å². The molecule has 1 amide bonds. The van der Waals surface area contributed by atoms with Crippen LogP contribution in [0.15, 0.2) is 34.1 Å². The number of amides is 1. The van der Waals surface area contributed by atoms with Crippen molar-refractivity contribution in [3.8, 4) is 0 Å². The highest BCUT2D eigenvalue weighted by Gasteiger charge is 2.51. The molecule has 0 fully saturated rings. The van der Waals surface area contributed by atoms with Crippen molar-refractivity contribution in [2.75, 3.05) is 0 Å². The molecule has 6 nitrogen and oxygen atoms in total. The molecule has 0 unspecified atom stereocenters. The van der Waals surface area contributed by atoms with E-state index in [1.54, 1.807) is 0 Å². The van der Waals surface area contributed by atoms with Crippen LogP contribution in [-0.2, 0) is 20.0 Å². The Hall–Kier alpha value is -2.54. The third kappa shape index (κ3) is 2.16. The van der Waals surface area contributed by atoms with Crippen molar-refractivity contribution in [2.24, 2.45) is 0 Å². The van der Waals surface area contributed by atoms with Crippen molar-refractivity contribution in [2.45, 2.75) is 9.79 Å². The third-order valence-corrected chi connectivity index (χ3v) is 7.59. The van der Waals surface area contributed by atoms with E-state index in [1.807, 2.05) is 0 Å². The van der Waals surface area contributed by atoms with Crippen LogP contribution in [0, 0.1) is 29.1 Å². The van der Waals surface area contributed by atoms with Gasteiger partial charge in [0.1, 0.15) is 4.90 Å². The van der Waals surface area contributed by atoms with E-state index < -0.39 is 74.1 Å². The van der Waals surface area contributed by atoms with Crippen molar-refractivity contribution in [1.82, 2.24) is 3.71 Å². The average molecular weight is 413 g/mol. The molecule has 0 saturated carbocycles. The van der Waals surface area contributed by atoms with Crippen LogP contribution in [0.1, 0.15) is 10.4 Å². The summed E-state index contributed by atoms with van der Waals surface area (Å²) in [4.78, 5) is 8.91. The number of benzene rings is 2. The third-order valence-electron chi connectivity index (χ3n) is 3.43. The molecule has 2 aromatic carbocycles. The zero-order valence-electron chi connectivity index (χ0n) is 12.0. The maximum Gasteiger partial charge on any atom is 0.286 e. The number of fused-ring (bicyclic) bond motifs is 1. The van der Waals surface area contributed by atoms with Gasteiger partial charge >= 0.3 is 0 Å². The molecule has 0 radical (unpaired) electrons. The molecule has 26 heavy (non-hydrogen) atoms. The Balaban J connectivity index is 2.35. The number of halogens is 5. The number of carbonyl (C=O) groups is 1. The van der Waals surface area contributed by atoms with Crippen LogP contribution in [0.3, 0.4) is 0 Å². The van der Waals surface area contributed by atoms with E-state index >= 15 is 0 Å². The van der Waals surface area contributed by atoms with Crippen molar-refractivity contribution < 1.29 is 43.6 Å². The van der Waals surface area contributed by atoms with Crippen LogP contribution < -0.4 is 0 Å². The molecule has 0 aromatic heterocycles. The van der Waals surface area contributed by atoms with Gasteiger partial charge < -0.3 is 0 Å². The van der Waals surface area contributed by atoms with Gasteiger partial charge in [-0.05, 0) is 12.1 Å². The summed E-state index contributed by atoms with van der Waals surface area (Å²) in [6.45, 7) is 0. The fourth-order valence-electron chi connectivity index (χ4n) is 2.30. The van der Waals surface area contributed by atoms with E-state index in [0.717, 1.165) is 18.2 Å². The number of rotatable bonds is 2. The lowest BCUT2D eigenvalue weighted by atomic mass is 10.2. The first-order chi connectivity index (χ1) is 11.9. The number of hydrogen-bond donors (Lipinski definition) is 0. The molecule has 1 aliphatic rings. The monoisotopic (exact) mass is 413 g/mol. The molecular weight excluding hydrogens is 409 g/mol. The quantitative estimate of drug-likeness (QED) is 0.427. The van der Waals surface area contributed by atoms with Gasteiger partial charge in [-0.3, -0.25) is 4.79 Å². The molecule has 13 heteroatoms. The van der Waals surface area contributed by atoms with Crippen molar-refractivity contribution in [1.29, 1.82) is 0 Å². The fourth-order valence-corrected chi connectivity index (χ4v) is 6.09. The Morgan fingerprint density at radius 3 is 1.77 bits per heavy atom. The maximum atomic E-state index is 13.8. The highest BCUT2D eigenvalue weighted by molar-refractivity contribution is 8.05. The first kappa shape index (κ1) is 18.3. The fraction of sp³-hybridized carbons (Fsp3) is 0. The number of carbonyl (C=O) groups excluding carboxylic acids is 1. The normalized spacial score (nSPS) is 16.0. The molecular formula is C13H4F5NO5S2. The standard InChI is InChI=1S/C13H4F5NO5S2/c14-7-8(15)10(17)12(11(18)9(7)16)26(23,24)19-13(20)5-3-1-2-4-6(5)25(19,21)22/h1-4H. The van der Waals surface area contributed by atoms with Crippen LogP contribution in [0.5, 0.6) is 0 Å². The van der Waals surface area contributed by atoms with E-state index in [0.29, 0.717) is 0 Å². The molecule has 0 bridgehead atoms. The summed E-state index contributed by atoms with van der Waals surface area (Å²) in [5.74, 6) is -15.2. The highest BCUT2D eigenvalue weighted by Crippen LogP contribution is 2.37. The molecule has 0 saturated heterocycles. The molecule has 0 N–H and O–H groups in total. The smallest absolute Gasteiger partial charge is 0.267 e. The molecule has 0 aliphatic carbocycles. The van der Waals surface area contributed by atoms with Crippen LogP contribution in [0.4, 0.5) is 22.0 Å². The second kappa shape index (κ2) is 5.48. The first-order valence-corrected chi connectivity index (χ1v) is 9.27. The van der Waals surface area contributed by atoms with Crippen molar-refractivity contribution in [3.05, 3.63) is 58.9 Å². The first-order valence-electron chi connectivity index (χ1n) is 6.39. The summed E-state index contributed by atoms with van der Waals surface area (Å²) in [6.07, 6.45) is 0. The van der Waals surface area contributed by atoms with Gasteiger partial charge in [0.05, 0.1) is 5.56 Å². The SMILES string of the molecule is O=C1c2ccccc2S(=O)(=O)N1S(=O)(=O)c1c(F)c(F)c(F)c(F)c1F. The van der Waals surface area contributed by atoms with Gasteiger partial charge in [-0.2, -0.15) is 16.8 Å². The number of hydrogen-bond acceptors (Lipinski definition) is 5. The number of nitrogens with zero attached hydrogens (tertiary/aromatic N) is 1. The van der Waals surface area contributed by atoms with Gasteiger partial charge in [-0.25, -0.2) is 22.0 Å². The zero-order chi connectivity index (χ0) is 19.6. The van der Waals surface area contributed by atoms with Gasteiger partial charge in [0.2, 0.25) is 5.82 Å². The Morgan fingerprint density at radius 2 is 1.27 bits per heavy atom. The van der Waals surface area contributed by atoms with Gasteiger partial charge in [0.15, 0.2) is 28.2 Å². The van der Waals surface area contributed by atoms with Gasteiger partial charge in [0, 0.05) is 0 Å². The molecule has 1 heterocycles. The Labute approximate surface area is 142 Å². The Bertz CT molecular complexity index is 1160. The van der Waals surface area contributed by atoms with E-state index in [4.69, 9.17) is 0 Å². The molecule has 2 aromatic rings. The summed E-state index contributed by atoms with van der Waals surface area (Å²) in [5.41, 5.74) is -0.639. The Morgan fingerprint density at radius 1 is 0.808 bits per heavy atom. The highest BCUT2D eigenvalue weighted by atomic mass is 32.3. The van der Waals surface area contributed by atoms with E-state index in [9.17, 15) is 43.6 Å². The summed E-state index contributed by atoms with van der Waals surface area (Å²) in [5, 5.41) is 0. The largest absolute Gasteiger partial charge is 0.286 e. The second-order valence-corrected chi connectivity index (χ2v) is 8.62. The minimum atomic E-state index is -5.99. The lowest BCUT2D eigenvalue weighted by molar-refractivity contribution is 0.0928. The zero-order valence-corrected chi connectivity index (χ0v) is 13.6. The van der Waals surface area contributed by atoms with Gasteiger partial charge in [-0.1, -0.05) is 12.1 Å². The number of sulfonamides is 2. The van der Waals surface area contributed by atoms with Crippen molar-refractivity contribution in [3.63, 3.8) is 0 Å². The predicted molar refractivity (Wildman–Crippen MR) is 73.2 cm³/mol. The van der Waals surface area contributed by atoms with Gasteiger partial charge in [-0.15, -0.1) is 3.71 Å². The summed E-state index contributed by atoms with van der Waals surface area (Å²) in [6, 6.07) is 4.08. The molecule has 0 spiro atoms. The minimum absolute atomic E-state index is 0.639. The second-order valence-electron chi connectivity index (χ2n) is 4.91. The van der Waals surface area contributed by atoms with E-state index in [-0.39, 0.29) is 0 Å².